The van der Waals surface area contributed by atoms with E-state index < -0.39 is 5.97 Å². The highest BCUT2D eigenvalue weighted by atomic mass is 16.5. The number of nitriles is 1. The molecule has 0 fully saturated rings. The number of esters is 1. The summed E-state index contributed by atoms with van der Waals surface area (Å²) < 4.78 is 4.59. The number of carbonyl (C=O) groups excluding carboxylic acids is 2. The number of amides is 1. The molecule has 0 N–H and O–H groups in total. The molecule has 1 aromatic rings. The lowest BCUT2D eigenvalue weighted by atomic mass is 10.1. The van der Waals surface area contributed by atoms with Crippen molar-refractivity contribution in [1.29, 1.82) is 5.26 Å². The molecule has 1 heterocycles. The maximum absolute atomic E-state index is 12.0. The Hall–Kier alpha value is -2.55. The summed E-state index contributed by atoms with van der Waals surface area (Å²) in [5.74, 6) is -0.654. The van der Waals surface area contributed by atoms with Crippen LogP contribution in [0.1, 0.15) is 5.56 Å². The van der Waals surface area contributed by atoms with Gasteiger partial charge in [-0.25, -0.2) is 0 Å². The molecule has 1 amide bonds. The first kappa shape index (κ1) is 12.9. The maximum atomic E-state index is 12.0. The van der Waals surface area contributed by atoms with Crippen LogP contribution in [0.15, 0.2) is 18.2 Å². The van der Waals surface area contributed by atoms with Crippen LogP contribution in [0.4, 0.5) is 11.4 Å². The molecule has 1 aliphatic heterocycles. The SMILES string of the molecule is COC(=O)CN1C(=O)CN(C)c2cc(C#N)ccc21. The summed E-state index contributed by atoms with van der Waals surface area (Å²) >= 11 is 0. The molecule has 0 radical (unpaired) electrons. The normalized spacial score (nSPS) is 13.8. The van der Waals surface area contributed by atoms with E-state index in [0.717, 1.165) is 5.69 Å². The number of fused-ring (bicyclic) bond motifs is 1. The molecule has 0 spiro atoms. The van der Waals surface area contributed by atoms with Crippen LogP contribution in [-0.2, 0) is 14.3 Å². The molecule has 1 aliphatic rings. The first-order valence-electron chi connectivity index (χ1n) is 5.69. The van der Waals surface area contributed by atoms with Crippen molar-refractivity contribution < 1.29 is 14.3 Å². The van der Waals surface area contributed by atoms with E-state index in [-0.39, 0.29) is 19.0 Å². The third-order valence-electron chi connectivity index (χ3n) is 2.99. The number of benzene rings is 1. The standard InChI is InChI=1S/C13H13N3O3/c1-15-7-12(17)16(8-13(18)19-2)10-4-3-9(6-14)5-11(10)15/h3-5H,7-8H2,1-2H3. The average Bonchev–Trinajstić information content (AvgIpc) is 2.42. The van der Waals surface area contributed by atoms with Gasteiger partial charge in [-0.1, -0.05) is 0 Å². The second-order valence-corrected chi connectivity index (χ2v) is 4.23. The number of anilines is 2. The Kier molecular flexibility index (Phi) is 3.38. The molecule has 6 heteroatoms. The average molecular weight is 259 g/mol. The van der Waals surface area contributed by atoms with Crippen molar-refractivity contribution in [3.63, 3.8) is 0 Å². The van der Waals surface area contributed by atoms with Crippen LogP contribution >= 0.6 is 0 Å². The molecule has 1 aromatic carbocycles. The van der Waals surface area contributed by atoms with Crippen molar-refractivity contribution in [1.82, 2.24) is 0 Å². The van der Waals surface area contributed by atoms with Gasteiger partial charge >= 0.3 is 5.97 Å². The summed E-state index contributed by atoms with van der Waals surface area (Å²) in [5.41, 5.74) is 1.88. The van der Waals surface area contributed by atoms with Crippen LogP contribution in [0.2, 0.25) is 0 Å². The zero-order valence-corrected chi connectivity index (χ0v) is 10.7. The summed E-state index contributed by atoms with van der Waals surface area (Å²) in [6.07, 6.45) is 0. The maximum Gasteiger partial charge on any atom is 0.325 e. The monoisotopic (exact) mass is 259 g/mol. The summed E-state index contributed by atoms with van der Waals surface area (Å²) in [7, 11) is 3.05. The molecular weight excluding hydrogens is 246 g/mol. The van der Waals surface area contributed by atoms with Crippen molar-refractivity contribution in [2.45, 2.75) is 0 Å². The minimum atomic E-state index is -0.479. The van der Waals surface area contributed by atoms with Crippen LogP contribution < -0.4 is 9.80 Å². The fourth-order valence-electron chi connectivity index (χ4n) is 2.00. The Labute approximate surface area is 110 Å². The van der Waals surface area contributed by atoms with Crippen LogP contribution in [0.25, 0.3) is 0 Å². The Balaban J connectivity index is 2.43. The van der Waals surface area contributed by atoms with Crippen molar-refractivity contribution in [3.05, 3.63) is 23.8 Å². The second-order valence-electron chi connectivity index (χ2n) is 4.23. The zero-order valence-electron chi connectivity index (χ0n) is 10.7. The number of likely N-dealkylation sites (N-methyl/N-ethyl adjacent to an activating group) is 1. The first-order chi connectivity index (χ1) is 9.06. The molecule has 0 atom stereocenters. The molecule has 6 nitrogen and oxygen atoms in total. The lowest BCUT2D eigenvalue weighted by molar-refractivity contribution is -0.140. The molecule has 0 aromatic heterocycles. The Morgan fingerprint density at radius 1 is 1.47 bits per heavy atom. The Morgan fingerprint density at radius 2 is 2.21 bits per heavy atom. The molecule has 0 aliphatic carbocycles. The van der Waals surface area contributed by atoms with E-state index in [1.807, 2.05) is 0 Å². The van der Waals surface area contributed by atoms with E-state index in [2.05, 4.69) is 10.8 Å². The van der Waals surface area contributed by atoms with E-state index in [0.29, 0.717) is 11.3 Å². The number of hydrogen-bond donors (Lipinski definition) is 0. The summed E-state index contributed by atoms with van der Waals surface area (Å²) in [4.78, 5) is 26.5. The topological polar surface area (TPSA) is 73.6 Å². The largest absolute Gasteiger partial charge is 0.468 e. The Bertz CT molecular complexity index is 577. The van der Waals surface area contributed by atoms with Gasteiger partial charge in [0, 0.05) is 7.05 Å². The van der Waals surface area contributed by atoms with Gasteiger partial charge in [0.15, 0.2) is 0 Å². The predicted octanol–water partition coefficient (Wildman–Crippen LogP) is 0.514. The van der Waals surface area contributed by atoms with E-state index >= 15 is 0 Å². The molecule has 0 bridgehead atoms. The fraction of sp³-hybridized carbons (Fsp3) is 0.308. The number of methoxy groups -OCH3 is 1. The number of ether oxygens (including phenoxy) is 1. The predicted molar refractivity (Wildman–Crippen MR) is 68.8 cm³/mol. The van der Waals surface area contributed by atoms with Gasteiger partial charge in [-0.2, -0.15) is 5.26 Å². The zero-order chi connectivity index (χ0) is 14.0. The van der Waals surface area contributed by atoms with Crippen LogP contribution in [0.3, 0.4) is 0 Å². The summed E-state index contributed by atoms with van der Waals surface area (Å²) in [6, 6.07) is 7.05. The quantitative estimate of drug-likeness (QED) is 0.724. The van der Waals surface area contributed by atoms with Gasteiger partial charge in [0.25, 0.3) is 0 Å². The smallest absolute Gasteiger partial charge is 0.325 e. The van der Waals surface area contributed by atoms with E-state index in [1.165, 1.54) is 12.0 Å². The highest BCUT2D eigenvalue weighted by Crippen LogP contribution is 2.33. The fourth-order valence-corrected chi connectivity index (χ4v) is 2.00. The van der Waals surface area contributed by atoms with Crippen molar-refractivity contribution in [3.8, 4) is 6.07 Å². The van der Waals surface area contributed by atoms with E-state index in [9.17, 15) is 9.59 Å². The lowest BCUT2D eigenvalue weighted by Crippen LogP contribution is -2.46. The Morgan fingerprint density at radius 3 is 2.84 bits per heavy atom. The van der Waals surface area contributed by atoms with Gasteiger partial charge in [-0.15, -0.1) is 0 Å². The second kappa shape index (κ2) is 4.98. The number of carbonyl (C=O) groups is 2. The number of nitrogens with zero attached hydrogens (tertiary/aromatic N) is 3. The molecule has 98 valence electrons. The van der Waals surface area contributed by atoms with Crippen molar-refractivity contribution >= 4 is 23.3 Å². The first-order valence-corrected chi connectivity index (χ1v) is 5.69. The molecular formula is C13H13N3O3. The summed E-state index contributed by atoms with van der Waals surface area (Å²) in [5, 5.41) is 8.90. The number of hydrogen-bond acceptors (Lipinski definition) is 5. The van der Waals surface area contributed by atoms with Crippen LogP contribution in [-0.4, -0.2) is 39.1 Å². The minimum absolute atomic E-state index is 0.123. The van der Waals surface area contributed by atoms with Gasteiger partial charge in [0.2, 0.25) is 5.91 Å². The van der Waals surface area contributed by atoms with Gasteiger partial charge in [0.05, 0.1) is 36.7 Å². The third kappa shape index (κ3) is 2.36. The molecule has 0 unspecified atom stereocenters. The lowest BCUT2D eigenvalue weighted by Gasteiger charge is -2.34. The van der Waals surface area contributed by atoms with Gasteiger partial charge in [-0.05, 0) is 18.2 Å². The molecule has 0 saturated carbocycles. The highest BCUT2D eigenvalue weighted by molar-refractivity contribution is 6.05. The van der Waals surface area contributed by atoms with Crippen LogP contribution in [0, 0.1) is 11.3 Å². The summed E-state index contributed by atoms with van der Waals surface area (Å²) in [6.45, 7) is 0.0426. The molecule has 19 heavy (non-hydrogen) atoms. The number of rotatable bonds is 2. The third-order valence-corrected chi connectivity index (χ3v) is 2.99. The highest BCUT2D eigenvalue weighted by Gasteiger charge is 2.29. The van der Waals surface area contributed by atoms with Crippen molar-refractivity contribution in [2.75, 3.05) is 37.0 Å². The van der Waals surface area contributed by atoms with Crippen LogP contribution in [0.5, 0.6) is 0 Å². The van der Waals surface area contributed by atoms with Gasteiger partial charge in [-0.3, -0.25) is 14.5 Å². The molecule has 2 rings (SSSR count). The van der Waals surface area contributed by atoms with E-state index in [4.69, 9.17) is 5.26 Å². The van der Waals surface area contributed by atoms with E-state index in [1.54, 1.807) is 30.1 Å². The van der Waals surface area contributed by atoms with Gasteiger partial charge in [0.1, 0.15) is 6.54 Å². The molecule has 0 saturated heterocycles. The van der Waals surface area contributed by atoms with Gasteiger partial charge < -0.3 is 9.64 Å². The minimum Gasteiger partial charge on any atom is -0.468 e. The van der Waals surface area contributed by atoms with Crippen molar-refractivity contribution in [2.24, 2.45) is 0 Å².